The van der Waals surface area contributed by atoms with Gasteiger partial charge in [-0.2, -0.15) is 0 Å². The molecule has 0 fully saturated rings. The van der Waals surface area contributed by atoms with Gasteiger partial charge in [0.2, 0.25) is 0 Å². The molecule has 0 aliphatic rings. The molecule has 4 heteroatoms. The van der Waals surface area contributed by atoms with E-state index in [0.717, 1.165) is 22.5 Å². The highest BCUT2D eigenvalue weighted by molar-refractivity contribution is 9.11. The minimum absolute atomic E-state index is 0.183. The maximum Gasteiger partial charge on any atom is 0.124 e. The molecule has 1 atom stereocenters. The highest BCUT2D eigenvalue weighted by Gasteiger charge is 2.19. The molecule has 0 aliphatic carbocycles. The van der Waals surface area contributed by atoms with Crippen molar-refractivity contribution in [2.45, 2.75) is 33.2 Å². The number of hydrogen-bond acceptors (Lipinski definition) is 3. The second-order valence-corrected chi connectivity index (χ2v) is 7.50. The van der Waals surface area contributed by atoms with Crippen LogP contribution in [0.1, 0.15) is 42.3 Å². The predicted molar refractivity (Wildman–Crippen MR) is 94.5 cm³/mol. The molecule has 1 aromatic carbocycles. The molecule has 2 rings (SSSR count). The lowest BCUT2D eigenvalue weighted by atomic mass is 10.0. The van der Waals surface area contributed by atoms with Crippen LogP contribution in [0.4, 0.5) is 0 Å². The van der Waals surface area contributed by atoms with Crippen LogP contribution in [0.25, 0.3) is 0 Å². The Morgan fingerprint density at radius 3 is 2.67 bits per heavy atom. The molecule has 1 unspecified atom stereocenters. The van der Waals surface area contributed by atoms with E-state index in [4.69, 9.17) is 4.74 Å². The van der Waals surface area contributed by atoms with E-state index in [9.17, 15) is 0 Å². The van der Waals surface area contributed by atoms with Crippen LogP contribution >= 0.6 is 27.3 Å². The van der Waals surface area contributed by atoms with Crippen molar-refractivity contribution < 1.29 is 4.74 Å². The molecule has 0 saturated heterocycles. The summed E-state index contributed by atoms with van der Waals surface area (Å²) in [5.41, 5.74) is 2.48. The molecule has 0 amide bonds. The highest BCUT2D eigenvalue weighted by Crippen LogP contribution is 2.36. The Balaban J connectivity index is 2.42. The van der Waals surface area contributed by atoms with Crippen LogP contribution in [0.5, 0.6) is 5.75 Å². The summed E-state index contributed by atoms with van der Waals surface area (Å²) < 4.78 is 6.99. The summed E-state index contributed by atoms with van der Waals surface area (Å²) in [5.74, 6) is 0.973. The molecule has 0 spiro atoms. The van der Waals surface area contributed by atoms with E-state index in [0.29, 0.717) is 6.61 Å². The Morgan fingerprint density at radius 1 is 1.24 bits per heavy atom. The summed E-state index contributed by atoms with van der Waals surface area (Å²) in [7, 11) is 0. The van der Waals surface area contributed by atoms with E-state index >= 15 is 0 Å². The van der Waals surface area contributed by atoms with Crippen molar-refractivity contribution in [1.82, 2.24) is 5.32 Å². The number of benzene rings is 1. The van der Waals surface area contributed by atoms with Gasteiger partial charge in [0.25, 0.3) is 0 Å². The molecule has 0 saturated carbocycles. The quantitative estimate of drug-likeness (QED) is 0.715. The average molecular weight is 368 g/mol. The van der Waals surface area contributed by atoms with Crippen LogP contribution in [-0.4, -0.2) is 13.2 Å². The minimum Gasteiger partial charge on any atom is -0.494 e. The second kappa shape index (κ2) is 7.97. The first-order chi connectivity index (χ1) is 10.2. The van der Waals surface area contributed by atoms with Crippen LogP contribution in [-0.2, 0) is 0 Å². The van der Waals surface area contributed by atoms with E-state index < -0.39 is 0 Å². The van der Waals surface area contributed by atoms with Crippen LogP contribution in [0.2, 0.25) is 0 Å². The normalized spacial score (nSPS) is 12.4. The third-order valence-corrected chi connectivity index (χ3v) is 4.94. The summed E-state index contributed by atoms with van der Waals surface area (Å²) >= 11 is 5.34. The first kappa shape index (κ1) is 16.5. The smallest absolute Gasteiger partial charge is 0.124 e. The van der Waals surface area contributed by atoms with Crippen molar-refractivity contribution in [2.24, 2.45) is 0 Å². The zero-order chi connectivity index (χ0) is 15.2. The van der Waals surface area contributed by atoms with Crippen molar-refractivity contribution in [1.29, 1.82) is 0 Å². The van der Waals surface area contributed by atoms with Gasteiger partial charge in [-0.15, -0.1) is 11.3 Å². The molecular weight excluding hydrogens is 346 g/mol. The molecule has 1 N–H and O–H groups in total. The molecule has 114 valence electrons. The number of thiophene rings is 1. The van der Waals surface area contributed by atoms with E-state index in [1.807, 2.05) is 6.92 Å². The summed E-state index contributed by atoms with van der Waals surface area (Å²) in [4.78, 5) is 1.31. The zero-order valence-corrected chi connectivity index (χ0v) is 15.2. The molecule has 2 nitrogen and oxygen atoms in total. The summed E-state index contributed by atoms with van der Waals surface area (Å²) in [6.45, 7) is 8.01. The first-order valence-corrected chi connectivity index (χ1v) is 8.98. The SMILES string of the molecule is CCCNC(c1ccc(Br)s1)c1cc(C)ccc1OCC. The van der Waals surface area contributed by atoms with Gasteiger partial charge in [0.15, 0.2) is 0 Å². The zero-order valence-electron chi connectivity index (χ0n) is 12.8. The van der Waals surface area contributed by atoms with Crippen molar-refractivity contribution in [2.75, 3.05) is 13.2 Å². The third-order valence-electron chi connectivity index (χ3n) is 3.25. The second-order valence-electron chi connectivity index (χ2n) is 5.00. The molecule has 0 bridgehead atoms. The average Bonchev–Trinajstić information content (AvgIpc) is 2.89. The van der Waals surface area contributed by atoms with Crippen LogP contribution < -0.4 is 10.1 Å². The van der Waals surface area contributed by atoms with Crippen LogP contribution in [0.15, 0.2) is 34.1 Å². The Labute approximate surface area is 139 Å². The van der Waals surface area contributed by atoms with Crippen LogP contribution in [0.3, 0.4) is 0 Å². The Bertz CT molecular complexity index is 582. The fraction of sp³-hybridized carbons (Fsp3) is 0.412. The Hall–Kier alpha value is -0.840. The summed E-state index contributed by atoms with van der Waals surface area (Å²) in [6, 6.07) is 10.9. The van der Waals surface area contributed by atoms with Gasteiger partial charge in [0, 0.05) is 10.4 Å². The molecule has 1 heterocycles. The number of halogens is 1. The van der Waals surface area contributed by atoms with Gasteiger partial charge < -0.3 is 10.1 Å². The fourth-order valence-electron chi connectivity index (χ4n) is 2.32. The Kier molecular flexibility index (Phi) is 6.27. The lowest BCUT2D eigenvalue weighted by Crippen LogP contribution is -2.23. The third kappa shape index (κ3) is 4.31. The largest absolute Gasteiger partial charge is 0.494 e. The van der Waals surface area contributed by atoms with Crippen molar-refractivity contribution in [3.8, 4) is 5.75 Å². The minimum atomic E-state index is 0.183. The lowest BCUT2D eigenvalue weighted by molar-refractivity contribution is 0.333. The monoisotopic (exact) mass is 367 g/mol. The number of aryl methyl sites for hydroxylation is 1. The van der Waals surface area contributed by atoms with Gasteiger partial charge in [-0.3, -0.25) is 0 Å². The van der Waals surface area contributed by atoms with E-state index in [2.05, 4.69) is 65.4 Å². The van der Waals surface area contributed by atoms with Gasteiger partial charge in [0.05, 0.1) is 16.4 Å². The standard InChI is InChI=1S/C17H22BrNOS/c1-4-10-19-17(15-8-9-16(18)21-15)13-11-12(3)6-7-14(13)20-5-2/h6-9,11,17,19H,4-5,10H2,1-3H3. The van der Waals surface area contributed by atoms with E-state index in [1.165, 1.54) is 16.0 Å². The fourth-order valence-corrected chi connectivity index (χ4v) is 3.83. The number of hydrogen-bond donors (Lipinski definition) is 1. The van der Waals surface area contributed by atoms with Gasteiger partial charge in [0.1, 0.15) is 5.75 Å². The maximum atomic E-state index is 5.83. The number of ether oxygens (including phenoxy) is 1. The van der Waals surface area contributed by atoms with Gasteiger partial charge in [-0.25, -0.2) is 0 Å². The number of rotatable bonds is 7. The van der Waals surface area contributed by atoms with Crippen molar-refractivity contribution in [3.63, 3.8) is 0 Å². The van der Waals surface area contributed by atoms with Gasteiger partial charge >= 0.3 is 0 Å². The van der Waals surface area contributed by atoms with E-state index in [1.54, 1.807) is 11.3 Å². The topological polar surface area (TPSA) is 21.3 Å². The molecule has 21 heavy (non-hydrogen) atoms. The molecule has 0 aliphatic heterocycles. The molecular formula is C17H22BrNOS. The molecule has 0 radical (unpaired) electrons. The number of nitrogens with one attached hydrogen (secondary N) is 1. The van der Waals surface area contributed by atoms with E-state index in [-0.39, 0.29) is 6.04 Å². The van der Waals surface area contributed by atoms with Crippen molar-refractivity contribution >= 4 is 27.3 Å². The van der Waals surface area contributed by atoms with Gasteiger partial charge in [-0.1, -0.05) is 24.6 Å². The van der Waals surface area contributed by atoms with Crippen LogP contribution in [0, 0.1) is 6.92 Å². The maximum absolute atomic E-state index is 5.83. The highest BCUT2D eigenvalue weighted by atomic mass is 79.9. The summed E-state index contributed by atoms with van der Waals surface area (Å²) in [6.07, 6.45) is 1.11. The lowest BCUT2D eigenvalue weighted by Gasteiger charge is -2.21. The van der Waals surface area contributed by atoms with Gasteiger partial charge in [-0.05, 0) is 60.9 Å². The Morgan fingerprint density at radius 2 is 2.05 bits per heavy atom. The van der Waals surface area contributed by atoms with Crippen molar-refractivity contribution in [3.05, 3.63) is 50.1 Å². The first-order valence-electron chi connectivity index (χ1n) is 7.37. The summed E-state index contributed by atoms with van der Waals surface area (Å²) in [5, 5.41) is 3.65. The predicted octanol–water partition coefficient (Wildman–Crippen LogP) is 5.31. The molecule has 2 aromatic rings. The molecule has 1 aromatic heterocycles.